The molecule has 0 radical (unpaired) electrons. The molecular formula is C18H20N4O4. The molecule has 136 valence electrons. The highest BCUT2D eigenvalue weighted by molar-refractivity contribution is 5.94. The zero-order valence-corrected chi connectivity index (χ0v) is 14.5. The molecule has 1 aliphatic rings. The molecule has 0 saturated carbocycles. The molecule has 0 spiro atoms. The van der Waals surface area contributed by atoms with Crippen LogP contribution >= 0.6 is 0 Å². The minimum absolute atomic E-state index is 0.0193. The number of nitrogens with one attached hydrogen (secondary N) is 1. The van der Waals surface area contributed by atoms with E-state index in [4.69, 9.17) is 9.47 Å². The number of anilines is 2. The summed E-state index contributed by atoms with van der Waals surface area (Å²) in [5, 5.41) is 2.69. The number of rotatable bonds is 6. The van der Waals surface area contributed by atoms with Gasteiger partial charge in [-0.05, 0) is 31.2 Å². The molecule has 1 aromatic heterocycles. The van der Waals surface area contributed by atoms with Gasteiger partial charge in [0, 0.05) is 24.7 Å². The summed E-state index contributed by atoms with van der Waals surface area (Å²) in [7, 11) is 0. The molecule has 3 rings (SSSR count). The van der Waals surface area contributed by atoms with E-state index in [0.29, 0.717) is 30.3 Å². The number of morpholine rings is 1. The van der Waals surface area contributed by atoms with Gasteiger partial charge in [0.25, 0.3) is 5.91 Å². The smallest absolute Gasteiger partial charge is 0.263 e. The number of ether oxygens (including phenoxy) is 2. The van der Waals surface area contributed by atoms with Crippen LogP contribution in [0.15, 0.2) is 36.7 Å². The van der Waals surface area contributed by atoms with Crippen LogP contribution in [-0.2, 0) is 9.53 Å². The van der Waals surface area contributed by atoms with Gasteiger partial charge >= 0.3 is 0 Å². The van der Waals surface area contributed by atoms with Crippen LogP contribution in [0.1, 0.15) is 17.3 Å². The quantitative estimate of drug-likeness (QED) is 0.785. The molecule has 1 saturated heterocycles. The molecule has 1 aliphatic heterocycles. The maximum absolute atomic E-state index is 12.1. The minimum atomic E-state index is -0.327. The van der Waals surface area contributed by atoms with Crippen LogP contribution in [0.4, 0.5) is 11.6 Å². The van der Waals surface area contributed by atoms with E-state index >= 15 is 0 Å². The van der Waals surface area contributed by atoms with Gasteiger partial charge in [-0.25, -0.2) is 9.97 Å². The van der Waals surface area contributed by atoms with E-state index in [2.05, 4.69) is 20.2 Å². The van der Waals surface area contributed by atoms with Gasteiger partial charge in [0.1, 0.15) is 23.7 Å². The largest absolute Gasteiger partial charge is 0.484 e. The molecule has 2 aromatic rings. The first-order chi connectivity index (χ1) is 12.6. The maximum atomic E-state index is 12.1. The molecule has 0 unspecified atom stereocenters. The molecule has 0 aliphatic carbocycles. The topological polar surface area (TPSA) is 93.7 Å². The van der Waals surface area contributed by atoms with Gasteiger partial charge < -0.3 is 19.7 Å². The van der Waals surface area contributed by atoms with E-state index < -0.39 is 0 Å². The molecule has 1 N–H and O–H groups in total. The number of amides is 1. The van der Waals surface area contributed by atoms with Crippen molar-refractivity contribution in [2.75, 3.05) is 43.1 Å². The molecule has 1 fully saturated rings. The number of benzene rings is 1. The van der Waals surface area contributed by atoms with Gasteiger partial charge in [0.15, 0.2) is 12.4 Å². The number of ketones is 1. The van der Waals surface area contributed by atoms with Crippen molar-refractivity contribution in [2.45, 2.75) is 6.92 Å². The minimum Gasteiger partial charge on any atom is -0.484 e. The predicted octanol–water partition coefficient (Wildman–Crippen LogP) is 1.53. The lowest BCUT2D eigenvalue weighted by molar-refractivity contribution is -0.118. The number of hydrogen-bond donors (Lipinski definition) is 1. The second kappa shape index (κ2) is 8.39. The summed E-state index contributed by atoms with van der Waals surface area (Å²) < 4.78 is 10.7. The van der Waals surface area contributed by atoms with Crippen LogP contribution in [0.3, 0.4) is 0 Å². The fourth-order valence-corrected chi connectivity index (χ4v) is 2.49. The summed E-state index contributed by atoms with van der Waals surface area (Å²) in [5.41, 5.74) is 0.596. The van der Waals surface area contributed by atoms with E-state index in [1.165, 1.54) is 13.3 Å². The Balaban J connectivity index is 1.53. The van der Waals surface area contributed by atoms with E-state index in [1.54, 1.807) is 30.3 Å². The SMILES string of the molecule is CC(=O)c1ccc(OCC(=O)Nc2cc(N3CCOCC3)ncn2)cc1. The third-order valence-corrected chi connectivity index (χ3v) is 3.89. The summed E-state index contributed by atoms with van der Waals surface area (Å²) in [6, 6.07) is 8.37. The van der Waals surface area contributed by atoms with Crippen LogP contribution in [0.25, 0.3) is 0 Å². The first-order valence-corrected chi connectivity index (χ1v) is 8.30. The van der Waals surface area contributed by atoms with Gasteiger partial charge in [0.2, 0.25) is 0 Å². The van der Waals surface area contributed by atoms with Crippen LogP contribution in [0.5, 0.6) is 5.75 Å². The van der Waals surface area contributed by atoms with Crippen molar-refractivity contribution in [3.63, 3.8) is 0 Å². The van der Waals surface area contributed by atoms with Gasteiger partial charge in [0.05, 0.1) is 13.2 Å². The average Bonchev–Trinajstić information content (AvgIpc) is 2.67. The molecule has 8 nitrogen and oxygen atoms in total. The Labute approximate surface area is 151 Å². The molecule has 1 amide bonds. The van der Waals surface area contributed by atoms with Crippen molar-refractivity contribution in [1.29, 1.82) is 0 Å². The lowest BCUT2D eigenvalue weighted by Crippen LogP contribution is -2.36. The summed E-state index contributed by atoms with van der Waals surface area (Å²) in [6.07, 6.45) is 1.42. The Hall–Kier alpha value is -3.00. The maximum Gasteiger partial charge on any atom is 0.263 e. The van der Waals surface area contributed by atoms with Crippen molar-refractivity contribution in [1.82, 2.24) is 9.97 Å². The number of hydrogen-bond acceptors (Lipinski definition) is 7. The van der Waals surface area contributed by atoms with Gasteiger partial charge in [-0.15, -0.1) is 0 Å². The van der Waals surface area contributed by atoms with Crippen molar-refractivity contribution >= 4 is 23.3 Å². The summed E-state index contributed by atoms with van der Waals surface area (Å²) in [5.74, 6) is 1.34. The van der Waals surface area contributed by atoms with E-state index in [9.17, 15) is 9.59 Å². The van der Waals surface area contributed by atoms with Gasteiger partial charge in [-0.3, -0.25) is 9.59 Å². The van der Waals surface area contributed by atoms with Crippen LogP contribution in [0.2, 0.25) is 0 Å². The Morgan fingerprint density at radius 1 is 1.19 bits per heavy atom. The molecular weight excluding hydrogens is 336 g/mol. The Kier molecular flexibility index (Phi) is 5.75. The zero-order chi connectivity index (χ0) is 18.4. The Bertz CT molecular complexity index is 773. The highest BCUT2D eigenvalue weighted by Gasteiger charge is 2.14. The third-order valence-electron chi connectivity index (χ3n) is 3.89. The molecule has 26 heavy (non-hydrogen) atoms. The monoisotopic (exact) mass is 356 g/mol. The van der Waals surface area contributed by atoms with E-state index in [0.717, 1.165) is 18.9 Å². The number of nitrogens with zero attached hydrogens (tertiary/aromatic N) is 3. The normalized spacial score (nSPS) is 14.0. The van der Waals surface area contributed by atoms with Crippen LogP contribution < -0.4 is 15.0 Å². The standard InChI is InChI=1S/C18H20N4O4/c1-13(23)14-2-4-15(5-3-14)26-11-18(24)21-16-10-17(20-12-19-16)22-6-8-25-9-7-22/h2-5,10,12H,6-9,11H2,1H3,(H,19,20,21,24). The Morgan fingerprint density at radius 3 is 2.62 bits per heavy atom. The summed E-state index contributed by atoms with van der Waals surface area (Å²) in [4.78, 5) is 33.7. The number of aromatic nitrogens is 2. The molecule has 0 atom stereocenters. The highest BCUT2D eigenvalue weighted by Crippen LogP contribution is 2.16. The van der Waals surface area contributed by atoms with Crippen molar-refractivity contribution in [3.8, 4) is 5.75 Å². The third kappa shape index (κ3) is 4.76. The summed E-state index contributed by atoms with van der Waals surface area (Å²) in [6.45, 7) is 4.16. The predicted molar refractivity (Wildman–Crippen MR) is 95.6 cm³/mol. The van der Waals surface area contributed by atoms with Crippen molar-refractivity contribution < 1.29 is 19.1 Å². The van der Waals surface area contributed by atoms with E-state index in [-0.39, 0.29) is 18.3 Å². The van der Waals surface area contributed by atoms with Crippen LogP contribution in [-0.4, -0.2) is 54.6 Å². The second-order valence-electron chi connectivity index (χ2n) is 5.78. The molecule has 0 bridgehead atoms. The molecule has 1 aromatic carbocycles. The average molecular weight is 356 g/mol. The first-order valence-electron chi connectivity index (χ1n) is 8.30. The van der Waals surface area contributed by atoms with Crippen molar-refractivity contribution in [3.05, 3.63) is 42.2 Å². The number of carbonyl (C=O) groups excluding carboxylic acids is 2. The lowest BCUT2D eigenvalue weighted by Gasteiger charge is -2.27. The Morgan fingerprint density at radius 2 is 1.92 bits per heavy atom. The number of Topliss-reactive ketones (excluding diaryl/α,β-unsaturated/α-hetero) is 1. The summed E-state index contributed by atoms with van der Waals surface area (Å²) >= 11 is 0. The number of carbonyl (C=O) groups is 2. The van der Waals surface area contributed by atoms with Crippen LogP contribution in [0, 0.1) is 0 Å². The highest BCUT2D eigenvalue weighted by atomic mass is 16.5. The van der Waals surface area contributed by atoms with Gasteiger partial charge in [-0.1, -0.05) is 0 Å². The van der Waals surface area contributed by atoms with Crippen molar-refractivity contribution in [2.24, 2.45) is 0 Å². The first kappa shape index (κ1) is 17.8. The van der Waals surface area contributed by atoms with E-state index in [1.807, 2.05) is 0 Å². The van der Waals surface area contributed by atoms with Gasteiger partial charge in [-0.2, -0.15) is 0 Å². The second-order valence-corrected chi connectivity index (χ2v) is 5.78. The fraction of sp³-hybridized carbons (Fsp3) is 0.333. The molecule has 2 heterocycles. The fourth-order valence-electron chi connectivity index (χ4n) is 2.49. The zero-order valence-electron chi connectivity index (χ0n) is 14.5. The molecule has 8 heteroatoms. The lowest BCUT2D eigenvalue weighted by atomic mass is 10.1.